The van der Waals surface area contributed by atoms with E-state index in [0.29, 0.717) is 0 Å². The van der Waals surface area contributed by atoms with Gasteiger partial charge in [-0.3, -0.25) is 0 Å². The summed E-state index contributed by atoms with van der Waals surface area (Å²) in [5.41, 5.74) is 2.24. The first-order chi connectivity index (χ1) is 11.9. The van der Waals surface area contributed by atoms with Crippen LogP contribution in [0.25, 0.3) is 10.2 Å². The Morgan fingerprint density at radius 1 is 1.00 bits per heavy atom. The monoisotopic (exact) mass is 338 g/mol. The summed E-state index contributed by atoms with van der Waals surface area (Å²) in [6, 6.07) is 12.6. The molecule has 3 aromatic rings. The molecule has 5 heteroatoms. The van der Waals surface area contributed by atoms with E-state index in [1.165, 1.54) is 35.9 Å². The quantitative estimate of drug-likeness (QED) is 0.749. The van der Waals surface area contributed by atoms with Crippen LogP contribution < -0.4 is 10.2 Å². The molecule has 124 valence electrons. The first-order valence-corrected chi connectivity index (χ1v) is 9.49. The van der Waals surface area contributed by atoms with Crippen molar-refractivity contribution >= 4 is 32.5 Å². The Balaban J connectivity index is 1.39. The maximum absolute atomic E-state index is 4.67. The van der Waals surface area contributed by atoms with Gasteiger partial charge in [0.05, 0.1) is 10.2 Å². The number of nitrogens with zero attached hydrogens (tertiary/aromatic N) is 3. The molecule has 0 bridgehead atoms. The third kappa shape index (κ3) is 3.51. The fourth-order valence-corrected chi connectivity index (χ4v) is 4.00. The molecule has 1 fully saturated rings. The minimum absolute atomic E-state index is 0.757. The molecule has 0 aliphatic carbocycles. The Kier molecular flexibility index (Phi) is 4.60. The number of pyridine rings is 1. The van der Waals surface area contributed by atoms with Gasteiger partial charge < -0.3 is 10.2 Å². The van der Waals surface area contributed by atoms with Gasteiger partial charge in [0.2, 0.25) is 0 Å². The van der Waals surface area contributed by atoms with Crippen molar-refractivity contribution < 1.29 is 0 Å². The molecule has 1 saturated heterocycles. The van der Waals surface area contributed by atoms with E-state index in [-0.39, 0.29) is 0 Å². The van der Waals surface area contributed by atoms with Crippen LogP contribution in [0.3, 0.4) is 0 Å². The Labute approximate surface area is 146 Å². The van der Waals surface area contributed by atoms with Gasteiger partial charge in [0, 0.05) is 25.8 Å². The van der Waals surface area contributed by atoms with Crippen molar-refractivity contribution in [2.75, 3.05) is 23.3 Å². The SMILES string of the molecule is c1ccc2sc(NCc3ccc(N4CCCCCC4)nc3)nc2c1. The van der Waals surface area contributed by atoms with Crippen LogP contribution in [-0.2, 0) is 6.54 Å². The van der Waals surface area contributed by atoms with Gasteiger partial charge in [-0.25, -0.2) is 9.97 Å². The van der Waals surface area contributed by atoms with Gasteiger partial charge in [-0.15, -0.1) is 0 Å². The average Bonchev–Trinajstić information content (AvgIpc) is 2.84. The van der Waals surface area contributed by atoms with Crippen molar-refractivity contribution in [3.05, 3.63) is 48.2 Å². The zero-order valence-electron chi connectivity index (χ0n) is 13.7. The van der Waals surface area contributed by atoms with Crippen molar-refractivity contribution in [2.24, 2.45) is 0 Å². The zero-order valence-corrected chi connectivity index (χ0v) is 14.6. The van der Waals surface area contributed by atoms with Crippen molar-refractivity contribution in [3.8, 4) is 0 Å². The number of hydrogen-bond acceptors (Lipinski definition) is 5. The van der Waals surface area contributed by atoms with Crippen LogP contribution in [0.2, 0.25) is 0 Å². The molecule has 0 amide bonds. The zero-order chi connectivity index (χ0) is 16.2. The Hall–Kier alpha value is -2.14. The van der Waals surface area contributed by atoms with Crippen molar-refractivity contribution in [1.29, 1.82) is 0 Å². The van der Waals surface area contributed by atoms with Crippen molar-refractivity contribution in [2.45, 2.75) is 32.2 Å². The molecule has 0 radical (unpaired) electrons. The fourth-order valence-electron chi connectivity index (χ4n) is 3.13. The van der Waals surface area contributed by atoms with Crippen LogP contribution in [0.4, 0.5) is 10.9 Å². The van der Waals surface area contributed by atoms with E-state index in [2.05, 4.69) is 50.5 Å². The highest BCUT2D eigenvalue weighted by Gasteiger charge is 2.10. The van der Waals surface area contributed by atoms with Crippen LogP contribution in [0.15, 0.2) is 42.6 Å². The molecule has 0 atom stereocenters. The number of hydrogen-bond donors (Lipinski definition) is 1. The summed E-state index contributed by atoms with van der Waals surface area (Å²) < 4.78 is 1.22. The van der Waals surface area contributed by atoms with Gasteiger partial charge in [-0.2, -0.15) is 0 Å². The van der Waals surface area contributed by atoms with Gasteiger partial charge in [0.15, 0.2) is 5.13 Å². The lowest BCUT2D eigenvalue weighted by Gasteiger charge is -2.21. The predicted molar refractivity (Wildman–Crippen MR) is 102 cm³/mol. The van der Waals surface area contributed by atoms with E-state index in [4.69, 9.17) is 0 Å². The highest BCUT2D eigenvalue weighted by molar-refractivity contribution is 7.22. The first-order valence-electron chi connectivity index (χ1n) is 8.68. The lowest BCUT2D eigenvalue weighted by molar-refractivity contribution is 0.726. The maximum atomic E-state index is 4.67. The van der Waals surface area contributed by atoms with Crippen molar-refractivity contribution in [1.82, 2.24) is 9.97 Å². The molecule has 1 aliphatic rings. The number of nitrogens with one attached hydrogen (secondary N) is 1. The molecule has 1 aliphatic heterocycles. The van der Waals surface area contributed by atoms with Gasteiger partial charge in [-0.05, 0) is 36.6 Å². The molecule has 1 aromatic carbocycles. The van der Waals surface area contributed by atoms with E-state index >= 15 is 0 Å². The second kappa shape index (κ2) is 7.18. The van der Waals surface area contributed by atoms with E-state index in [1.54, 1.807) is 11.3 Å². The molecular weight excluding hydrogens is 316 g/mol. The molecule has 0 spiro atoms. The molecule has 1 N–H and O–H groups in total. The highest BCUT2D eigenvalue weighted by Crippen LogP contribution is 2.26. The smallest absolute Gasteiger partial charge is 0.184 e. The van der Waals surface area contributed by atoms with Gasteiger partial charge >= 0.3 is 0 Å². The second-order valence-corrected chi connectivity index (χ2v) is 7.30. The number of aromatic nitrogens is 2. The number of anilines is 2. The summed E-state index contributed by atoms with van der Waals surface area (Å²) in [5, 5.41) is 4.38. The molecular formula is C19H22N4S. The van der Waals surface area contributed by atoms with Crippen LogP contribution in [0.1, 0.15) is 31.2 Å². The summed E-state index contributed by atoms with van der Waals surface area (Å²) in [6.07, 6.45) is 7.24. The predicted octanol–water partition coefficient (Wildman–Crippen LogP) is 4.68. The van der Waals surface area contributed by atoms with E-state index in [1.807, 2.05) is 12.3 Å². The lowest BCUT2D eigenvalue weighted by atomic mass is 10.2. The average molecular weight is 338 g/mol. The largest absolute Gasteiger partial charge is 0.357 e. The molecule has 24 heavy (non-hydrogen) atoms. The lowest BCUT2D eigenvalue weighted by Crippen LogP contribution is -2.24. The summed E-state index contributed by atoms with van der Waals surface area (Å²) in [6.45, 7) is 3.03. The number of fused-ring (bicyclic) bond motifs is 1. The van der Waals surface area contributed by atoms with Crippen LogP contribution in [0, 0.1) is 0 Å². The van der Waals surface area contributed by atoms with Crippen LogP contribution in [-0.4, -0.2) is 23.1 Å². The molecule has 0 saturated carbocycles. The van der Waals surface area contributed by atoms with Gasteiger partial charge in [0.25, 0.3) is 0 Å². The Bertz CT molecular complexity index is 755. The molecule has 3 heterocycles. The van der Waals surface area contributed by atoms with Crippen molar-refractivity contribution in [3.63, 3.8) is 0 Å². The maximum Gasteiger partial charge on any atom is 0.184 e. The van der Waals surface area contributed by atoms with Crippen LogP contribution >= 0.6 is 11.3 Å². The summed E-state index contributed by atoms with van der Waals surface area (Å²) in [5.74, 6) is 1.11. The van der Waals surface area contributed by atoms with E-state index in [0.717, 1.165) is 36.1 Å². The minimum Gasteiger partial charge on any atom is -0.357 e. The molecule has 0 unspecified atom stereocenters. The van der Waals surface area contributed by atoms with E-state index in [9.17, 15) is 0 Å². The number of rotatable bonds is 4. The topological polar surface area (TPSA) is 41.0 Å². The third-order valence-corrected chi connectivity index (χ3v) is 5.47. The summed E-state index contributed by atoms with van der Waals surface area (Å²) >= 11 is 1.69. The molecule has 4 nitrogen and oxygen atoms in total. The summed E-state index contributed by atoms with van der Waals surface area (Å²) in [7, 11) is 0. The Morgan fingerprint density at radius 2 is 1.83 bits per heavy atom. The third-order valence-electron chi connectivity index (χ3n) is 4.48. The van der Waals surface area contributed by atoms with Gasteiger partial charge in [0.1, 0.15) is 5.82 Å². The van der Waals surface area contributed by atoms with E-state index < -0.39 is 0 Å². The van der Waals surface area contributed by atoms with Crippen LogP contribution in [0.5, 0.6) is 0 Å². The molecule has 2 aromatic heterocycles. The number of para-hydroxylation sites is 1. The highest BCUT2D eigenvalue weighted by atomic mass is 32.1. The number of benzene rings is 1. The number of thiazole rings is 1. The Morgan fingerprint density at radius 3 is 2.58 bits per heavy atom. The first kappa shape index (κ1) is 15.4. The normalized spacial score (nSPS) is 15.4. The fraction of sp³-hybridized carbons (Fsp3) is 0.368. The summed E-state index contributed by atoms with van der Waals surface area (Å²) in [4.78, 5) is 11.7. The molecule has 4 rings (SSSR count). The minimum atomic E-state index is 0.757. The van der Waals surface area contributed by atoms with Gasteiger partial charge in [-0.1, -0.05) is 42.4 Å². The standard InChI is InChI=1S/C19H22N4S/c1-2-6-12-23(11-5-1)18-10-9-15(13-20-18)14-21-19-22-16-7-3-4-8-17(16)24-19/h3-4,7-10,13H,1-2,5-6,11-12,14H2,(H,21,22). The second-order valence-electron chi connectivity index (χ2n) is 6.27.